The van der Waals surface area contributed by atoms with E-state index >= 15 is 0 Å². The summed E-state index contributed by atoms with van der Waals surface area (Å²) in [7, 11) is 0. The molecule has 0 spiro atoms. The smallest absolute Gasteiger partial charge is 0.125 e. The third-order valence-corrected chi connectivity index (χ3v) is 3.74. The Kier molecular flexibility index (Phi) is 5.12. The van der Waals surface area contributed by atoms with Crippen LogP contribution in [-0.2, 0) is 4.74 Å². The van der Waals surface area contributed by atoms with Gasteiger partial charge in [-0.2, -0.15) is 0 Å². The van der Waals surface area contributed by atoms with Crippen LogP contribution in [0.25, 0.3) is 0 Å². The Hall–Kier alpha value is -2.08. The standard InChI is InChI=1S/C18H20O5/c19-17-13-5-1-3-7-15(13)22-11-9-21-10-12-23-16-8-4-2-6-14(16)18(17)20/h1-8,17-20H,9-12H2/t17-,18-/m1/s1. The number of fused-ring (bicyclic) bond motifs is 2. The minimum Gasteiger partial charge on any atom is -0.491 e. The van der Waals surface area contributed by atoms with E-state index in [0.29, 0.717) is 49.1 Å². The average molecular weight is 316 g/mol. The van der Waals surface area contributed by atoms with Crippen LogP contribution in [0.4, 0.5) is 0 Å². The number of aliphatic hydroxyl groups excluding tert-OH is 2. The van der Waals surface area contributed by atoms with E-state index in [4.69, 9.17) is 14.2 Å². The molecular formula is C18H20O5. The van der Waals surface area contributed by atoms with Gasteiger partial charge in [0, 0.05) is 11.1 Å². The Labute approximate surface area is 135 Å². The zero-order valence-electron chi connectivity index (χ0n) is 12.7. The quantitative estimate of drug-likeness (QED) is 0.780. The predicted octanol–water partition coefficient (Wildman–Crippen LogP) is 2.24. The molecular weight excluding hydrogens is 296 g/mol. The normalized spacial score (nSPS) is 22.2. The zero-order chi connectivity index (χ0) is 16.1. The molecule has 2 atom stereocenters. The van der Waals surface area contributed by atoms with E-state index in [2.05, 4.69) is 0 Å². The Morgan fingerprint density at radius 3 is 1.57 bits per heavy atom. The maximum absolute atomic E-state index is 10.6. The van der Waals surface area contributed by atoms with Crippen LogP contribution in [0.1, 0.15) is 23.3 Å². The van der Waals surface area contributed by atoms with Crippen LogP contribution in [-0.4, -0.2) is 36.6 Å². The number of benzene rings is 2. The van der Waals surface area contributed by atoms with Crippen molar-refractivity contribution in [2.45, 2.75) is 12.2 Å². The van der Waals surface area contributed by atoms with Crippen molar-refractivity contribution >= 4 is 0 Å². The van der Waals surface area contributed by atoms with Gasteiger partial charge in [-0.05, 0) is 12.1 Å². The maximum Gasteiger partial charge on any atom is 0.125 e. The van der Waals surface area contributed by atoms with Gasteiger partial charge in [0.05, 0.1) is 13.2 Å². The lowest BCUT2D eigenvalue weighted by Gasteiger charge is -2.22. The lowest BCUT2D eigenvalue weighted by molar-refractivity contribution is 0.0140. The molecule has 0 saturated carbocycles. The molecule has 23 heavy (non-hydrogen) atoms. The van der Waals surface area contributed by atoms with Gasteiger partial charge in [-0.1, -0.05) is 36.4 Å². The zero-order valence-corrected chi connectivity index (χ0v) is 12.7. The van der Waals surface area contributed by atoms with Crippen molar-refractivity contribution in [2.75, 3.05) is 26.4 Å². The summed E-state index contributed by atoms with van der Waals surface area (Å²) < 4.78 is 16.8. The van der Waals surface area contributed by atoms with Crippen molar-refractivity contribution in [2.24, 2.45) is 0 Å². The molecule has 1 aliphatic rings. The molecule has 0 saturated heterocycles. The highest BCUT2D eigenvalue weighted by Gasteiger charge is 2.26. The number of aliphatic hydroxyl groups is 2. The van der Waals surface area contributed by atoms with Gasteiger partial charge >= 0.3 is 0 Å². The minimum absolute atomic E-state index is 0.368. The van der Waals surface area contributed by atoms with E-state index in [-0.39, 0.29) is 0 Å². The van der Waals surface area contributed by atoms with Crippen LogP contribution in [0.15, 0.2) is 48.5 Å². The van der Waals surface area contributed by atoms with Crippen LogP contribution in [0.2, 0.25) is 0 Å². The topological polar surface area (TPSA) is 68.2 Å². The van der Waals surface area contributed by atoms with Crippen molar-refractivity contribution in [3.05, 3.63) is 59.7 Å². The molecule has 0 radical (unpaired) electrons. The molecule has 1 aliphatic heterocycles. The monoisotopic (exact) mass is 316 g/mol. The molecule has 122 valence electrons. The van der Waals surface area contributed by atoms with Crippen molar-refractivity contribution in [3.8, 4) is 11.5 Å². The van der Waals surface area contributed by atoms with Crippen molar-refractivity contribution in [1.29, 1.82) is 0 Å². The molecule has 0 aliphatic carbocycles. The first kappa shape index (κ1) is 15.8. The second-order valence-electron chi connectivity index (χ2n) is 5.27. The largest absolute Gasteiger partial charge is 0.491 e. The number of ether oxygens (including phenoxy) is 3. The SMILES string of the molecule is O[C@@H]1c2ccccc2OCCOCCOc2ccccc2[C@H]1O. The summed E-state index contributed by atoms with van der Waals surface area (Å²) in [5, 5.41) is 21.2. The number of hydrogen-bond donors (Lipinski definition) is 2. The van der Waals surface area contributed by atoms with Crippen LogP contribution in [0.3, 0.4) is 0 Å². The van der Waals surface area contributed by atoms with Gasteiger partial charge in [-0.15, -0.1) is 0 Å². The number of hydrogen-bond acceptors (Lipinski definition) is 5. The van der Waals surface area contributed by atoms with Crippen molar-refractivity contribution < 1.29 is 24.4 Å². The van der Waals surface area contributed by atoms with E-state index in [1.165, 1.54) is 0 Å². The Morgan fingerprint density at radius 1 is 0.652 bits per heavy atom. The molecule has 5 nitrogen and oxygen atoms in total. The third kappa shape index (κ3) is 3.64. The molecule has 0 bridgehead atoms. The van der Waals surface area contributed by atoms with E-state index < -0.39 is 12.2 Å². The lowest BCUT2D eigenvalue weighted by Crippen LogP contribution is -2.13. The van der Waals surface area contributed by atoms with Gasteiger partial charge in [0.1, 0.15) is 36.9 Å². The first-order valence-electron chi connectivity index (χ1n) is 7.64. The third-order valence-electron chi connectivity index (χ3n) is 3.74. The van der Waals surface area contributed by atoms with E-state index in [0.717, 1.165) is 0 Å². The fourth-order valence-electron chi connectivity index (χ4n) is 2.58. The van der Waals surface area contributed by atoms with Gasteiger partial charge in [0.15, 0.2) is 0 Å². The van der Waals surface area contributed by atoms with E-state index in [1.807, 2.05) is 12.1 Å². The molecule has 3 rings (SSSR count). The highest BCUT2D eigenvalue weighted by atomic mass is 16.5. The first-order valence-corrected chi connectivity index (χ1v) is 7.64. The van der Waals surface area contributed by atoms with Crippen LogP contribution in [0, 0.1) is 0 Å². The maximum atomic E-state index is 10.6. The lowest BCUT2D eigenvalue weighted by atomic mass is 9.97. The van der Waals surface area contributed by atoms with E-state index in [1.54, 1.807) is 36.4 Å². The molecule has 0 aromatic heterocycles. The van der Waals surface area contributed by atoms with Gasteiger partial charge in [0.2, 0.25) is 0 Å². The molecule has 2 aromatic carbocycles. The van der Waals surface area contributed by atoms with Gasteiger partial charge in [-0.3, -0.25) is 0 Å². The van der Waals surface area contributed by atoms with Crippen LogP contribution in [0.5, 0.6) is 11.5 Å². The molecule has 2 aromatic rings. The predicted molar refractivity (Wildman–Crippen MR) is 84.6 cm³/mol. The molecule has 0 unspecified atom stereocenters. The molecule has 0 amide bonds. The molecule has 0 fully saturated rings. The van der Waals surface area contributed by atoms with Crippen molar-refractivity contribution in [3.63, 3.8) is 0 Å². The molecule has 5 heteroatoms. The summed E-state index contributed by atoms with van der Waals surface area (Å²) in [5.41, 5.74) is 1.07. The fourth-order valence-corrected chi connectivity index (χ4v) is 2.58. The molecule has 2 N–H and O–H groups in total. The number of para-hydroxylation sites is 2. The summed E-state index contributed by atoms with van der Waals surface area (Å²) in [4.78, 5) is 0. The van der Waals surface area contributed by atoms with E-state index in [9.17, 15) is 10.2 Å². The second-order valence-corrected chi connectivity index (χ2v) is 5.27. The summed E-state index contributed by atoms with van der Waals surface area (Å²) >= 11 is 0. The Morgan fingerprint density at radius 2 is 1.09 bits per heavy atom. The average Bonchev–Trinajstić information content (AvgIpc) is 2.60. The highest BCUT2D eigenvalue weighted by molar-refractivity contribution is 5.40. The first-order chi connectivity index (χ1) is 11.3. The van der Waals surface area contributed by atoms with Gasteiger partial charge < -0.3 is 24.4 Å². The summed E-state index contributed by atoms with van der Waals surface area (Å²) in [5.74, 6) is 1.08. The fraction of sp³-hybridized carbons (Fsp3) is 0.333. The summed E-state index contributed by atoms with van der Waals surface area (Å²) in [6.07, 6.45) is -2.23. The van der Waals surface area contributed by atoms with Gasteiger partial charge in [-0.25, -0.2) is 0 Å². The minimum atomic E-state index is -1.11. The number of rotatable bonds is 0. The highest BCUT2D eigenvalue weighted by Crippen LogP contribution is 2.37. The second kappa shape index (κ2) is 7.46. The summed E-state index contributed by atoms with van der Waals surface area (Å²) in [6, 6.07) is 14.3. The Bertz CT molecular complexity index is 587. The van der Waals surface area contributed by atoms with Crippen LogP contribution < -0.4 is 9.47 Å². The van der Waals surface area contributed by atoms with Gasteiger partial charge in [0.25, 0.3) is 0 Å². The van der Waals surface area contributed by atoms with Crippen LogP contribution >= 0.6 is 0 Å². The summed E-state index contributed by atoms with van der Waals surface area (Å²) in [6.45, 7) is 1.59. The van der Waals surface area contributed by atoms with Crippen molar-refractivity contribution in [1.82, 2.24) is 0 Å². The Balaban J connectivity index is 1.97. The molecule has 1 heterocycles.